The number of anilines is 1. The van der Waals surface area contributed by atoms with E-state index in [4.69, 9.17) is 14.0 Å². The number of aromatic nitrogens is 2. The summed E-state index contributed by atoms with van der Waals surface area (Å²) in [6, 6.07) is 2.86. The van der Waals surface area contributed by atoms with Crippen molar-refractivity contribution in [1.82, 2.24) is 10.1 Å². The van der Waals surface area contributed by atoms with E-state index in [1.165, 1.54) is 6.42 Å². The predicted octanol–water partition coefficient (Wildman–Crippen LogP) is 3.56. The number of halogens is 2. The van der Waals surface area contributed by atoms with Crippen molar-refractivity contribution in [2.45, 2.75) is 38.7 Å². The average Bonchev–Trinajstić information content (AvgIpc) is 3.38. The highest BCUT2D eigenvalue weighted by atomic mass is 19.1. The zero-order valence-corrected chi connectivity index (χ0v) is 17.6. The summed E-state index contributed by atoms with van der Waals surface area (Å²) in [6.07, 6.45) is 4.42. The van der Waals surface area contributed by atoms with Gasteiger partial charge < -0.3 is 23.7 Å². The molecule has 2 aromatic rings. The summed E-state index contributed by atoms with van der Waals surface area (Å²) in [5, 5.41) is 3.91. The fraction of sp³-hybridized carbons (Fsp3) is 0.591. The van der Waals surface area contributed by atoms with Crippen LogP contribution in [0.5, 0.6) is 5.75 Å². The molecule has 1 aromatic heterocycles. The Morgan fingerprint density at radius 3 is 2.68 bits per heavy atom. The smallest absolute Gasteiger partial charge is 0.324 e. The van der Waals surface area contributed by atoms with E-state index in [2.05, 4.69) is 15.0 Å². The van der Waals surface area contributed by atoms with Gasteiger partial charge in [0.1, 0.15) is 30.3 Å². The summed E-state index contributed by atoms with van der Waals surface area (Å²) in [5.74, 6) is 1.18. The number of piperidine rings is 1. The second-order valence-corrected chi connectivity index (χ2v) is 8.28. The molecule has 2 aliphatic rings. The van der Waals surface area contributed by atoms with Gasteiger partial charge in [0, 0.05) is 44.3 Å². The molecule has 1 aliphatic heterocycles. The Bertz CT molecular complexity index is 876. The molecule has 1 aromatic carbocycles. The summed E-state index contributed by atoms with van der Waals surface area (Å²) in [6.45, 7) is 2.56. The topological polar surface area (TPSA) is 77.7 Å². The SMILES string of the molecule is COCc1noc(N2CCC(C3CC3CCOc3cc(F)c(CC=O)c(F)c3)CC2)n1. The number of benzene rings is 1. The van der Waals surface area contributed by atoms with Crippen LogP contribution >= 0.6 is 0 Å². The number of ether oxygens (including phenoxy) is 2. The van der Waals surface area contributed by atoms with Gasteiger partial charge in [-0.25, -0.2) is 8.78 Å². The van der Waals surface area contributed by atoms with Crippen LogP contribution in [-0.4, -0.2) is 43.2 Å². The Morgan fingerprint density at radius 2 is 2.00 bits per heavy atom. The van der Waals surface area contributed by atoms with E-state index < -0.39 is 11.6 Å². The first-order valence-electron chi connectivity index (χ1n) is 10.7. The minimum Gasteiger partial charge on any atom is -0.493 e. The minimum absolute atomic E-state index is 0.169. The van der Waals surface area contributed by atoms with Crippen LogP contribution in [-0.2, 0) is 22.6 Å². The van der Waals surface area contributed by atoms with Gasteiger partial charge in [0.25, 0.3) is 0 Å². The first-order chi connectivity index (χ1) is 15.1. The predicted molar refractivity (Wildman–Crippen MR) is 108 cm³/mol. The standard InChI is InChI=1S/C22H27F2N3O4/c1-29-13-21-25-22(31-26-21)27-6-2-14(3-7-27)18-10-15(18)5-9-30-16-11-19(23)17(4-8-28)20(24)12-16/h8,11-12,14-15,18H,2-7,9-10,13H2,1H3. The zero-order chi connectivity index (χ0) is 21.8. The molecule has 1 saturated carbocycles. The summed E-state index contributed by atoms with van der Waals surface area (Å²) in [4.78, 5) is 17.0. The van der Waals surface area contributed by atoms with Crippen molar-refractivity contribution in [2.24, 2.45) is 17.8 Å². The van der Waals surface area contributed by atoms with Crippen molar-refractivity contribution in [2.75, 3.05) is 31.7 Å². The number of carbonyl (C=O) groups is 1. The molecular weight excluding hydrogens is 408 g/mol. The summed E-state index contributed by atoms with van der Waals surface area (Å²) in [5.41, 5.74) is -0.216. The van der Waals surface area contributed by atoms with Crippen LogP contribution in [0.3, 0.4) is 0 Å². The van der Waals surface area contributed by atoms with Crippen molar-refractivity contribution >= 4 is 12.3 Å². The molecule has 0 radical (unpaired) electrons. The number of hydrogen-bond acceptors (Lipinski definition) is 7. The molecule has 2 unspecified atom stereocenters. The Balaban J connectivity index is 1.19. The van der Waals surface area contributed by atoms with Crippen LogP contribution in [0.15, 0.2) is 16.7 Å². The largest absolute Gasteiger partial charge is 0.493 e. The summed E-state index contributed by atoms with van der Waals surface area (Å²) >= 11 is 0. The minimum atomic E-state index is -0.742. The maximum atomic E-state index is 13.9. The van der Waals surface area contributed by atoms with E-state index in [0.717, 1.165) is 44.5 Å². The van der Waals surface area contributed by atoms with E-state index in [0.29, 0.717) is 49.1 Å². The Kier molecular flexibility index (Phi) is 6.80. The highest BCUT2D eigenvalue weighted by molar-refractivity contribution is 5.55. The van der Waals surface area contributed by atoms with Gasteiger partial charge in [-0.2, -0.15) is 4.98 Å². The summed E-state index contributed by atoms with van der Waals surface area (Å²) in [7, 11) is 1.60. The Morgan fingerprint density at radius 1 is 1.26 bits per heavy atom. The lowest BCUT2D eigenvalue weighted by Crippen LogP contribution is -2.34. The van der Waals surface area contributed by atoms with Gasteiger partial charge >= 0.3 is 6.01 Å². The first-order valence-corrected chi connectivity index (χ1v) is 10.7. The lowest BCUT2D eigenvalue weighted by atomic mass is 9.90. The summed E-state index contributed by atoms with van der Waals surface area (Å²) < 4.78 is 43.7. The molecule has 9 heteroatoms. The van der Waals surface area contributed by atoms with Crippen molar-refractivity contribution in [3.05, 3.63) is 35.2 Å². The molecule has 1 saturated heterocycles. The molecule has 168 valence electrons. The van der Waals surface area contributed by atoms with Crippen LogP contribution in [0, 0.1) is 29.4 Å². The third kappa shape index (κ3) is 5.20. The number of carbonyl (C=O) groups excluding carboxylic acids is 1. The zero-order valence-electron chi connectivity index (χ0n) is 17.6. The van der Waals surface area contributed by atoms with Crippen molar-refractivity contribution in [3.8, 4) is 5.75 Å². The van der Waals surface area contributed by atoms with Crippen LogP contribution in [0.1, 0.15) is 37.1 Å². The molecule has 0 bridgehead atoms. The van der Waals surface area contributed by atoms with Gasteiger partial charge in [0.15, 0.2) is 5.82 Å². The Hall–Kier alpha value is -2.55. The highest BCUT2D eigenvalue weighted by Gasteiger charge is 2.43. The second-order valence-electron chi connectivity index (χ2n) is 8.28. The second kappa shape index (κ2) is 9.72. The fourth-order valence-electron chi connectivity index (χ4n) is 4.53. The monoisotopic (exact) mass is 435 g/mol. The number of methoxy groups -OCH3 is 1. The molecule has 0 amide bonds. The number of aldehydes is 1. The van der Waals surface area contributed by atoms with Crippen LogP contribution < -0.4 is 9.64 Å². The maximum Gasteiger partial charge on any atom is 0.324 e. The van der Waals surface area contributed by atoms with E-state index in [-0.39, 0.29) is 17.7 Å². The maximum absolute atomic E-state index is 13.9. The molecule has 31 heavy (non-hydrogen) atoms. The molecule has 2 fully saturated rings. The first kappa shape index (κ1) is 21.7. The normalized spacial score (nSPS) is 21.3. The number of rotatable bonds is 10. The molecule has 2 atom stereocenters. The van der Waals surface area contributed by atoms with Gasteiger partial charge in [-0.1, -0.05) is 5.16 Å². The van der Waals surface area contributed by atoms with Crippen molar-refractivity contribution in [1.29, 1.82) is 0 Å². The quantitative estimate of drug-likeness (QED) is 0.528. The van der Waals surface area contributed by atoms with E-state index in [1.807, 2.05) is 0 Å². The highest BCUT2D eigenvalue weighted by Crippen LogP contribution is 2.50. The van der Waals surface area contributed by atoms with Crippen LogP contribution in [0.4, 0.5) is 14.8 Å². The molecule has 7 nitrogen and oxygen atoms in total. The fourth-order valence-corrected chi connectivity index (χ4v) is 4.53. The van der Waals surface area contributed by atoms with Gasteiger partial charge in [-0.3, -0.25) is 0 Å². The van der Waals surface area contributed by atoms with Crippen LogP contribution in [0.2, 0.25) is 0 Å². The van der Waals surface area contributed by atoms with E-state index in [1.54, 1.807) is 7.11 Å². The van der Waals surface area contributed by atoms with E-state index in [9.17, 15) is 13.6 Å². The lowest BCUT2D eigenvalue weighted by molar-refractivity contribution is -0.107. The number of hydrogen-bond donors (Lipinski definition) is 0. The van der Waals surface area contributed by atoms with Crippen molar-refractivity contribution in [3.63, 3.8) is 0 Å². The van der Waals surface area contributed by atoms with Gasteiger partial charge in [0.05, 0.1) is 6.61 Å². The molecule has 0 N–H and O–H groups in total. The lowest BCUT2D eigenvalue weighted by Gasteiger charge is -2.30. The molecule has 2 heterocycles. The average molecular weight is 435 g/mol. The van der Waals surface area contributed by atoms with E-state index >= 15 is 0 Å². The third-order valence-corrected chi connectivity index (χ3v) is 6.28. The Labute approximate surface area is 179 Å². The number of nitrogens with zero attached hydrogens (tertiary/aromatic N) is 3. The van der Waals surface area contributed by atoms with Gasteiger partial charge in [-0.15, -0.1) is 0 Å². The molecule has 0 spiro atoms. The molecule has 1 aliphatic carbocycles. The molecular formula is C22H27F2N3O4. The van der Waals surface area contributed by atoms with Gasteiger partial charge in [-0.05, 0) is 43.4 Å². The van der Waals surface area contributed by atoms with Gasteiger partial charge in [0.2, 0.25) is 0 Å². The van der Waals surface area contributed by atoms with Crippen molar-refractivity contribution < 1.29 is 27.6 Å². The molecule has 4 rings (SSSR count). The third-order valence-electron chi connectivity index (χ3n) is 6.28. The van der Waals surface area contributed by atoms with Crippen LogP contribution in [0.25, 0.3) is 0 Å².